The van der Waals surface area contributed by atoms with Gasteiger partial charge in [-0.05, 0) is 25.0 Å². The number of benzene rings is 1. The van der Waals surface area contributed by atoms with Crippen molar-refractivity contribution in [1.29, 1.82) is 0 Å². The molecule has 0 aliphatic carbocycles. The first-order valence-corrected chi connectivity index (χ1v) is 9.90. The van der Waals surface area contributed by atoms with Gasteiger partial charge in [-0.15, -0.1) is 24.0 Å². The molecule has 1 aromatic carbocycles. The van der Waals surface area contributed by atoms with Gasteiger partial charge in [-0.1, -0.05) is 0 Å². The van der Waals surface area contributed by atoms with E-state index in [1.165, 1.54) is 5.56 Å². The van der Waals surface area contributed by atoms with Gasteiger partial charge in [0.1, 0.15) is 5.75 Å². The monoisotopic (exact) mass is 529 g/mol. The zero-order chi connectivity index (χ0) is 20.8. The van der Waals surface area contributed by atoms with E-state index >= 15 is 0 Å². The first kappa shape index (κ1) is 24.1. The number of nitrogens with one attached hydrogen (secondary N) is 1. The van der Waals surface area contributed by atoms with Gasteiger partial charge in [0.15, 0.2) is 17.5 Å². The van der Waals surface area contributed by atoms with Crippen LogP contribution in [0.3, 0.4) is 0 Å². The third-order valence-electron chi connectivity index (χ3n) is 5.20. The number of aliphatic imine (C=N–C) groups is 1. The van der Waals surface area contributed by atoms with Crippen molar-refractivity contribution < 1.29 is 14.2 Å². The van der Waals surface area contributed by atoms with E-state index in [1.807, 2.05) is 30.1 Å². The van der Waals surface area contributed by atoms with Crippen molar-refractivity contribution in [3.05, 3.63) is 35.7 Å². The van der Waals surface area contributed by atoms with Gasteiger partial charge in [0, 0.05) is 50.4 Å². The highest BCUT2D eigenvalue weighted by atomic mass is 127. The van der Waals surface area contributed by atoms with Gasteiger partial charge in [0.25, 0.3) is 0 Å². The third kappa shape index (κ3) is 5.50. The first-order chi connectivity index (χ1) is 14.1. The lowest BCUT2D eigenvalue weighted by atomic mass is 10.0. The van der Waals surface area contributed by atoms with E-state index < -0.39 is 0 Å². The second kappa shape index (κ2) is 11.3. The first-order valence-electron chi connectivity index (χ1n) is 9.90. The lowest BCUT2D eigenvalue weighted by Crippen LogP contribution is -2.40. The molecule has 1 N–H and O–H groups in total. The quantitative estimate of drug-likeness (QED) is 0.338. The van der Waals surface area contributed by atoms with Crippen molar-refractivity contribution in [3.63, 3.8) is 0 Å². The van der Waals surface area contributed by atoms with E-state index in [2.05, 4.69) is 28.4 Å². The van der Waals surface area contributed by atoms with E-state index in [4.69, 9.17) is 19.2 Å². The van der Waals surface area contributed by atoms with E-state index in [0.717, 1.165) is 43.3 Å². The van der Waals surface area contributed by atoms with Crippen LogP contribution in [-0.4, -0.2) is 61.6 Å². The molecule has 1 aliphatic rings. The summed E-state index contributed by atoms with van der Waals surface area (Å²) in [5, 5.41) is 7.73. The van der Waals surface area contributed by atoms with Crippen molar-refractivity contribution in [1.82, 2.24) is 20.0 Å². The van der Waals surface area contributed by atoms with E-state index in [9.17, 15) is 0 Å². The van der Waals surface area contributed by atoms with Crippen LogP contribution in [0.1, 0.15) is 30.4 Å². The van der Waals surface area contributed by atoms with Crippen LogP contribution in [-0.2, 0) is 13.6 Å². The molecule has 0 radical (unpaired) electrons. The molecule has 0 spiro atoms. The number of aromatic nitrogens is 2. The number of guanidine groups is 1. The Morgan fingerprint density at radius 3 is 2.47 bits per heavy atom. The van der Waals surface area contributed by atoms with Crippen LogP contribution in [0.15, 0.2) is 29.5 Å². The van der Waals surface area contributed by atoms with Gasteiger partial charge >= 0.3 is 0 Å². The van der Waals surface area contributed by atoms with Crippen LogP contribution in [0.25, 0.3) is 0 Å². The third-order valence-corrected chi connectivity index (χ3v) is 5.20. The Balaban J connectivity index is 0.00000320. The molecule has 30 heavy (non-hydrogen) atoms. The molecular formula is C21H32IN5O3. The fourth-order valence-corrected chi connectivity index (χ4v) is 3.68. The number of halogens is 1. The highest BCUT2D eigenvalue weighted by Crippen LogP contribution is 2.35. The van der Waals surface area contributed by atoms with E-state index in [1.54, 1.807) is 21.3 Å². The Hall–Kier alpha value is -2.17. The molecule has 1 aromatic heterocycles. The van der Waals surface area contributed by atoms with Gasteiger partial charge < -0.3 is 24.4 Å². The molecule has 3 rings (SSSR count). The predicted octanol–water partition coefficient (Wildman–Crippen LogP) is 3.02. The minimum Gasteiger partial charge on any atom is -0.496 e. The predicted molar refractivity (Wildman–Crippen MR) is 128 cm³/mol. The number of ether oxygens (including phenoxy) is 3. The molecule has 2 aromatic rings. The van der Waals surface area contributed by atoms with Crippen LogP contribution < -0.4 is 19.5 Å². The Bertz CT molecular complexity index is 855. The van der Waals surface area contributed by atoms with Crippen molar-refractivity contribution in [2.45, 2.75) is 25.8 Å². The van der Waals surface area contributed by atoms with E-state index in [0.29, 0.717) is 24.0 Å². The number of nitrogens with zero attached hydrogens (tertiary/aromatic N) is 4. The smallest absolute Gasteiger partial charge is 0.194 e. The molecule has 0 saturated carbocycles. The molecule has 1 unspecified atom stereocenters. The van der Waals surface area contributed by atoms with Gasteiger partial charge in [0.05, 0.1) is 34.1 Å². The van der Waals surface area contributed by atoms with Crippen LogP contribution in [0, 0.1) is 0 Å². The minimum atomic E-state index is 0. The van der Waals surface area contributed by atoms with Crippen molar-refractivity contribution in [3.8, 4) is 17.2 Å². The Kier molecular flexibility index (Phi) is 9.07. The summed E-state index contributed by atoms with van der Waals surface area (Å²) in [6.45, 7) is 5.28. The normalized spacial score (nSPS) is 16.2. The van der Waals surface area contributed by atoms with E-state index in [-0.39, 0.29) is 24.0 Å². The molecule has 0 amide bonds. The summed E-state index contributed by atoms with van der Waals surface area (Å²) in [5.41, 5.74) is 2.23. The second-order valence-corrected chi connectivity index (χ2v) is 7.07. The summed E-state index contributed by atoms with van der Waals surface area (Å²) in [7, 11) is 6.85. The zero-order valence-corrected chi connectivity index (χ0v) is 20.7. The maximum Gasteiger partial charge on any atom is 0.194 e. The average molecular weight is 529 g/mol. The molecule has 2 heterocycles. The lowest BCUT2D eigenvalue weighted by Gasteiger charge is -2.22. The average Bonchev–Trinajstić information content (AvgIpc) is 3.39. The van der Waals surface area contributed by atoms with Crippen LogP contribution in [0.2, 0.25) is 0 Å². The molecule has 166 valence electrons. The largest absolute Gasteiger partial charge is 0.496 e. The Morgan fingerprint density at radius 2 is 1.87 bits per heavy atom. The van der Waals surface area contributed by atoms with Gasteiger partial charge in [-0.25, -0.2) is 4.99 Å². The molecule has 1 aliphatic heterocycles. The van der Waals surface area contributed by atoms with Gasteiger partial charge in [0.2, 0.25) is 0 Å². The number of rotatable bonds is 7. The van der Waals surface area contributed by atoms with Crippen LogP contribution >= 0.6 is 24.0 Å². The molecule has 0 bridgehead atoms. The maximum atomic E-state index is 5.53. The maximum absolute atomic E-state index is 5.53. The summed E-state index contributed by atoms with van der Waals surface area (Å²) in [4.78, 5) is 7.19. The molecule has 8 nitrogen and oxygen atoms in total. The number of methoxy groups -OCH3 is 3. The lowest BCUT2D eigenvalue weighted by molar-refractivity contribution is 0.347. The second-order valence-electron chi connectivity index (χ2n) is 7.07. The number of aryl methyl sites for hydroxylation is 1. The fraction of sp³-hybridized carbons (Fsp3) is 0.524. The van der Waals surface area contributed by atoms with Gasteiger partial charge in [-0.2, -0.15) is 5.10 Å². The molecule has 9 heteroatoms. The molecule has 1 atom stereocenters. The molecule has 1 fully saturated rings. The summed E-state index contributed by atoms with van der Waals surface area (Å²) >= 11 is 0. The van der Waals surface area contributed by atoms with Crippen molar-refractivity contribution >= 4 is 29.9 Å². The van der Waals surface area contributed by atoms with Gasteiger partial charge in [-0.3, -0.25) is 4.68 Å². The fourth-order valence-electron chi connectivity index (χ4n) is 3.68. The number of likely N-dealkylation sites (tertiary alicyclic amines) is 1. The molecular weight excluding hydrogens is 497 g/mol. The highest BCUT2D eigenvalue weighted by molar-refractivity contribution is 14.0. The summed E-state index contributed by atoms with van der Waals surface area (Å²) in [5.74, 6) is 3.43. The van der Waals surface area contributed by atoms with Crippen LogP contribution in [0.4, 0.5) is 0 Å². The minimum absolute atomic E-state index is 0. The highest BCUT2D eigenvalue weighted by Gasteiger charge is 2.27. The number of hydrogen-bond donors (Lipinski definition) is 1. The summed E-state index contributed by atoms with van der Waals surface area (Å²) < 4.78 is 18.2. The Morgan fingerprint density at radius 1 is 1.17 bits per heavy atom. The van der Waals surface area contributed by atoms with Crippen LogP contribution in [0.5, 0.6) is 17.2 Å². The van der Waals surface area contributed by atoms with Crippen molar-refractivity contribution in [2.24, 2.45) is 12.0 Å². The molecule has 1 saturated heterocycles. The Labute approximate surface area is 195 Å². The zero-order valence-electron chi connectivity index (χ0n) is 18.3. The number of hydrogen-bond acceptors (Lipinski definition) is 5. The standard InChI is InChI=1S/C21H31N5O3.HI/c1-6-22-21(26-8-7-15(14-26)17-12-24-25(2)13-17)23-11-16-9-19(28-4)20(29-5)10-18(16)27-3;/h9-10,12-13,15H,6-8,11,14H2,1-5H3,(H,22,23);1H. The topological polar surface area (TPSA) is 73.1 Å². The SMILES string of the molecule is CCNC(=NCc1cc(OC)c(OC)cc1OC)N1CCC(c2cnn(C)c2)C1.I. The van der Waals surface area contributed by atoms with Crippen molar-refractivity contribution in [2.75, 3.05) is 41.0 Å². The summed E-state index contributed by atoms with van der Waals surface area (Å²) in [6.07, 6.45) is 5.16. The summed E-state index contributed by atoms with van der Waals surface area (Å²) in [6, 6.07) is 3.76.